The Hall–Kier alpha value is -1.64. The average Bonchev–Trinajstić information content (AvgIpc) is 2.83. The minimum atomic E-state index is -3.51. The Kier molecular flexibility index (Phi) is 4.07. The van der Waals surface area contributed by atoms with Crippen molar-refractivity contribution < 1.29 is 23.1 Å². The van der Waals surface area contributed by atoms with Gasteiger partial charge in [-0.1, -0.05) is 0 Å². The van der Waals surface area contributed by atoms with Crippen molar-refractivity contribution in [3.63, 3.8) is 0 Å². The molecule has 2 fully saturated rings. The zero-order valence-corrected chi connectivity index (χ0v) is 12.8. The lowest BCUT2D eigenvalue weighted by Gasteiger charge is -2.36. The van der Waals surface area contributed by atoms with Crippen LogP contribution in [0.25, 0.3) is 0 Å². The van der Waals surface area contributed by atoms with Gasteiger partial charge in [-0.15, -0.1) is 0 Å². The first-order valence-corrected chi connectivity index (χ1v) is 8.60. The number of rotatable bonds is 5. The number of aliphatic hydroxyl groups excluding tert-OH is 1. The highest BCUT2D eigenvalue weighted by atomic mass is 32.2. The summed E-state index contributed by atoms with van der Waals surface area (Å²) in [6, 6.07) is 6.07. The van der Waals surface area contributed by atoms with Crippen molar-refractivity contribution in [2.75, 3.05) is 26.2 Å². The fraction of sp³-hybridized carbons (Fsp3) is 0.500. The highest BCUT2D eigenvalue weighted by Crippen LogP contribution is 2.26. The van der Waals surface area contributed by atoms with E-state index in [-0.39, 0.29) is 23.3 Å². The molecule has 0 unspecified atom stereocenters. The average molecular weight is 326 g/mol. The van der Waals surface area contributed by atoms with E-state index in [0.29, 0.717) is 31.8 Å². The molecule has 2 N–H and O–H groups in total. The number of benzene rings is 1. The lowest BCUT2D eigenvalue weighted by molar-refractivity contribution is -0.124. The van der Waals surface area contributed by atoms with E-state index >= 15 is 0 Å². The van der Waals surface area contributed by atoms with Crippen LogP contribution < -0.4 is 10.1 Å². The molecule has 22 heavy (non-hydrogen) atoms. The van der Waals surface area contributed by atoms with Crippen molar-refractivity contribution in [2.24, 2.45) is 5.92 Å². The summed E-state index contributed by atoms with van der Waals surface area (Å²) in [7, 11) is -3.51. The molecule has 3 rings (SSSR count). The van der Waals surface area contributed by atoms with E-state index in [1.165, 1.54) is 16.4 Å². The number of amides is 1. The number of ether oxygens (including phenoxy) is 1. The van der Waals surface area contributed by atoms with Gasteiger partial charge in [-0.25, -0.2) is 8.42 Å². The van der Waals surface area contributed by atoms with E-state index in [4.69, 9.17) is 9.84 Å². The fourth-order valence-corrected chi connectivity index (χ4v) is 4.11. The Morgan fingerprint density at radius 2 is 1.95 bits per heavy atom. The molecule has 2 aliphatic heterocycles. The van der Waals surface area contributed by atoms with E-state index in [1.807, 2.05) is 0 Å². The summed E-state index contributed by atoms with van der Waals surface area (Å²) in [5.74, 6) is 0.350. The SMILES string of the molecule is O=C1NCC[C@H]1Oc1ccc(S(=O)(=O)N2CC(CO)C2)cc1. The van der Waals surface area contributed by atoms with Crippen LogP contribution in [0.3, 0.4) is 0 Å². The monoisotopic (exact) mass is 326 g/mol. The zero-order chi connectivity index (χ0) is 15.7. The van der Waals surface area contributed by atoms with Crippen molar-refractivity contribution in [3.05, 3.63) is 24.3 Å². The second kappa shape index (κ2) is 5.86. The molecule has 1 amide bonds. The zero-order valence-electron chi connectivity index (χ0n) is 11.9. The van der Waals surface area contributed by atoms with E-state index < -0.39 is 16.1 Å². The Bertz CT molecular complexity index is 652. The molecule has 1 aromatic carbocycles. The van der Waals surface area contributed by atoms with Crippen LogP contribution in [-0.2, 0) is 14.8 Å². The Morgan fingerprint density at radius 3 is 2.50 bits per heavy atom. The fourth-order valence-electron chi connectivity index (χ4n) is 2.52. The van der Waals surface area contributed by atoms with Crippen LogP contribution in [0.15, 0.2) is 29.2 Å². The van der Waals surface area contributed by atoms with Gasteiger partial charge in [0.25, 0.3) is 5.91 Å². The van der Waals surface area contributed by atoms with Crippen LogP contribution >= 0.6 is 0 Å². The molecule has 0 bridgehead atoms. The minimum Gasteiger partial charge on any atom is -0.481 e. The molecule has 1 aromatic rings. The van der Waals surface area contributed by atoms with Crippen LogP contribution in [0, 0.1) is 5.92 Å². The number of hydrogen-bond donors (Lipinski definition) is 2. The van der Waals surface area contributed by atoms with E-state index in [0.717, 1.165) is 0 Å². The van der Waals surface area contributed by atoms with E-state index in [9.17, 15) is 13.2 Å². The Labute approximate surface area is 128 Å². The molecular formula is C14H18N2O5S. The predicted molar refractivity (Wildman–Crippen MR) is 77.8 cm³/mol. The molecule has 2 aliphatic rings. The maximum Gasteiger partial charge on any atom is 0.261 e. The highest BCUT2D eigenvalue weighted by molar-refractivity contribution is 7.89. The summed E-state index contributed by atoms with van der Waals surface area (Å²) in [6.07, 6.45) is 0.0954. The second-order valence-electron chi connectivity index (χ2n) is 5.53. The summed E-state index contributed by atoms with van der Waals surface area (Å²) < 4.78 is 31.5. The summed E-state index contributed by atoms with van der Waals surface area (Å²) in [5, 5.41) is 11.6. The number of hydrogen-bond acceptors (Lipinski definition) is 5. The molecule has 0 aliphatic carbocycles. The summed E-state index contributed by atoms with van der Waals surface area (Å²) in [6.45, 7) is 1.29. The smallest absolute Gasteiger partial charge is 0.261 e. The number of nitrogens with zero attached hydrogens (tertiary/aromatic N) is 1. The standard InChI is InChI=1S/C14H18N2O5S/c17-9-10-7-16(8-10)22(19,20)12-3-1-11(2-4-12)21-13-5-6-15-14(13)18/h1-4,10,13,17H,5-9H2,(H,15,18)/t13-/m1/s1. The molecule has 1 atom stereocenters. The molecule has 2 heterocycles. The third-order valence-corrected chi connectivity index (χ3v) is 5.77. The lowest BCUT2D eigenvalue weighted by atomic mass is 10.1. The topological polar surface area (TPSA) is 95.9 Å². The number of sulfonamides is 1. The number of aliphatic hydroxyl groups is 1. The first kappa shape index (κ1) is 15.3. The van der Waals surface area contributed by atoms with Crippen LogP contribution in [0.2, 0.25) is 0 Å². The molecule has 0 spiro atoms. The first-order valence-electron chi connectivity index (χ1n) is 7.16. The van der Waals surface area contributed by atoms with Gasteiger partial charge >= 0.3 is 0 Å². The van der Waals surface area contributed by atoms with Gasteiger partial charge in [-0.05, 0) is 24.3 Å². The molecule has 0 radical (unpaired) electrons. The summed E-state index contributed by atoms with van der Waals surface area (Å²) in [5.41, 5.74) is 0. The van der Waals surface area contributed by atoms with Crippen LogP contribution in [-0.4, -0.2) is 56.1 Å². The van der Waals surface area contributed by atoms with Gasteiger partial charge in [0.1, 0.15) is 5.75 Å². The van der Waals surface area contributed by atoms with Crippen LogP contribution in [0.1, 0.15) is 6.42 Å². The normalized spacial score (nSPS) is 23.1. The van der Waals surface area contributed by atoms with Crippen molar-refractivity contribution in [1.82, 2.24) is 9.62 Å². The van der Waals surface area contributed by atoms with Crippen molar-refractivity contribution in [1.29, 1.82) is 0 Å². The van der Waals surface area contributed by atoms with Crippen molar-refractivity contribution >= 4 is 15.9 Å². The molecule has 8 heteroatoms. The van der Waals surface area contributed by atoms with Crippen LogP contribution in [0.5, 0.6) is 5.75 Å². The van der Waals surface area contributed by atoms with E-state index in [1.54, 1.807) is 12.1 Å². The largest absolute Gasteiger partial charge is 0.481 e. The van der Waals surface area contributed by atoms with Gasteiger partial charge in [-0.3, -0.25) is 4.79 Å². The second-order valence-corrected chi connectivity index (χ2v) is 7.47. The number of nitrogens with one attached hydrogen (secondary N) is 1. The number of carbonyl (C=O) groups excluding carboxylic acids is 1. The van der Waals surface area contributed by atoms with Gasteiger partial charge in [0.05, 0.1) is 4.90 Å². The third-order valence-electron chi connectivity index (χ3n) is 3.92. The summed E-state index contributed by atoms with van der Waals surface area (Å²) >= 11 is 0. The van der Waals surface area contributed by atoms with Gasteiger partial charge < -0.3 is 15.2 Å². The maximum atomic E-state index is 12.3. The van der Waals surface area contributed by atoms with Crippen molar-refractivity contribution in [2.45, 2.75) is 17.4 Å². The minimum absolute atomic E-state index is 0.00223. The molecule has 120 valence electrons. The van der Waals surface area contributed by atoms with Gasteiger partial charge in [0, 0.05) is 38.6 Å². The first-order chi connectivity index (χ1) is 10.5. The molecule has 0 saturated carbocycles. The Morgan fingerprint density at radius 1 is 1.27 bits per heavy atom. The van der Waals surface area contributed by atoms with Gasteiger partial charge in [0.15, 0.2) is 6.10 Å². The highest BCUT2D eigenvalue weighted by Gasteiger charge is 2.36. The van der Waals surface area contributed by atoms with Gasteiger partial charge in [-0.2, -0.15) is 4.31 Å². The number of carbonyl (C=O) groups is 1. The molecular weight excluding hydrogens is 308 g/mol. The van der Waals surface area contributed by atoms with Crippen LogP contribution in [0.4, 0.5) is 0 Å². The van der Waals surface area contributed by atoms with Gasteiger partial charge in [0.2, 0.25) is 10.0 Å². The lowest BCUT2D eigenvalue weighted by Crippen LogP contribution is -2.51. The summed E-state index contributed by atoms with van der Waals surface area (Å²) in [4.78, 5) is 11.6. The third kappa shape index (κ3) is 2.81. The molecule has 0 aromatic heterocycles. The van der Waals surface area contributed by atoms with E-state index in [2.05, 4.69) is 5.32 Å². The quantitative estimate of drug-likeness (QED) is 0.765. The molecule has 2 saturated heterocycles. The van der Waals surface area contributed by atoms with Crippen molar-refractivity contribution in [3.8, 4) is 5.75 Å². The predicted octanol–water partition coefficient (Wildman–Crippen LogP) is -0.433. The molecule has 7 nitrogen and oxygen atoms in total. The Balaban J connectivity index is 1.67. The maximum absolute atomic E-state index is 12.3.